The van der Waals surface area contributed by atoms with Crippen molar-refractivity contribution in [2.24, 2.45) is 5.73 Å². The van der Waals surface area contributed by atoms with Crippen LogP contribution in [0.5, 0.6) is 0 Å². The fraction of sp³-hybridized carbons (Fsp3) is 0.400. The molecule has 0 aromatic carbocycles. The smallest absolute Gasteiger partial charge is 0.288 e. The Morgan fingerprint density at radius 2 is 2.20 bits per heavy atom. The van der Waals surface area contributed by atoms with E-state index in [1.807, 2.05) is 0 Å². The summed E-state index contributed by atoms with van der Waals surface area (Å²) in [7, 11) is 0. The summed E-state index contributed by atoms with van der Waals surface area (Å²) in [5, 5.41) is 2.14. The molecule has 0 spiro atoms. The number of Topliss-reactive ketones (excluding diaryl/α,β-unsaturated/α-hetero) is 1. The summed E-state index contributed by atoms with van der Waals surface area (Å²) in [6, 6.07) is -0.792. The molecule has 10 heavy (non-hydrogen) atoms. The molecule has 0 radical (unpaired) electrons. The lowest BCUT2D eigenvalue weighted by atomic mass is 10.2. The second-order valence-corrected chi connectivity index (χ2v) is 2.06. The van der Waals surface area contributed by atoms with Crippen molar-refractivity contribution < 1.29 is 14.4 Å². The van der Waals surface area contributed by atoms with Crippen LogP contribution in [0.4, 0.5) is 0 Å². The number of nitrogens with two attached hydrogens (primary N) is 1. The van der Waals surface area contributed by atoms with E-state index in [0.29, 0.717) is 0 Å². The van der Waals surface area contributed by atoms with Gasteiger partial charge >= 0.3 is 0 Å². The topological polar surface area (TPSA) is 89.3 Å². The molecule has 1 unspecified atom stereocenters. The number of hydrogen-bond donors (Lipinski definition) is 2. The maximum Gasteiger partial charge on any atom is 0.288 e. The molecule has 1 fully saturated rings. The summed E-state index contributed by atoms with van der Waals surface area (Å²) in [5.41, 5.74) is 4.82. The zero-order valence-corrected chi connectivity index (χ0v) is 5.09. The van der Waals surface area contributed by atoms with Gasteiger partial charge in [0.2, 0.25) is 11.7 Å². The van der Waals surface area contributed by atoms with Gasteiger partial charge in [-0.2, -0.15) is 0 Å². The van der Waals surface area contributed by atoms with Gasteiger partial charge in [-0.15, -0.1) is 0 Å². The van der Waals surface area contributed by atoms with Gasteiger partial charge in [0.1, 0.15) is 6.04 Å². The van der Waals surface area contributed by atoms with E-state index in [1.54, 1.807) is 0 Å². The zero-order valence-electron chi connectivity index (χ0n) is 5.09. The lowest BCUT2D eigenvalue weighted by Gasteiger charge is -1.99. The Bertz CT molecular complexity index is 195. The third-order valence-corrected chi connectivity index (χ3v) is 1.29. The van der Waals surface area contributed by atoms with Crippen LogP contribution in [0.15, 0.2) is 0 Å². The Morgan fingerprint density at radius 3 is 2.40 bits per heavy atom. The Labute approximate surface area is 56.6 Å². The Hall–Kier alpha value is -1.39. The van der Waals surface area contributed by atoms with Crippen molar-refractivity contribution in [2.75, 3.05) is 0 Å². The molecule has 1 aliphatic rings. The molecule has 3 N–H and O–H groups in total. The molecule has 0 aromatic heterocycles. The molecule has 1 atom stereocenters. The van der Waals surface area contributed by atoms with E-state index in [4.69, 9.17) is 5.73 Å². The summed E-state index contributed by atoms with van der Waals surface area (Å²) < 4.78 is 0. The minimum absolute atomic E-state index is 0.103. The average molecular weight is 142 g/mol. The van der Waals surface area contributed by atoms with E-state index in [2.05, 4.69) is 5.32 Å². The molecule has 1 heterocycles. The highest BCUT2D eigenvalue weighted by atomic mass is 16.2. The SMILES string of the molecule is NC(=O)C1CC(=O)C(=O)N1. The molecular weight excluding hydrogens is 136 g/mol. The first-order valence-electron chi connectivity index (χ1n) is 2.74. The van der Waals surface area contributed by atoms with Gasteiger partial charge in [0.25, 0.3) is 5.91 Å². The maximum atomic E-state index is 10.5. The number of hydrogen-bond acceptors (Lipinski definition) is 3. The van der Waals surface area contributed by atoms with Gasteiger partial charge in [-0.3, -0.25) is 14.4 Å². The van der Waals surface area contributed by atoms with Crippen LogP contribution in [0, 0.1) is 0 Å². The van der Waals surface area contributed by atoms with E-state index in [1.165, 1.54) is 0 Å². The van der Waals surface area contributed by atoms with Crippen molar-refractivity contribution in [1.29, 1.82) is 0 Å². The van der Waals surface area contributed by atoms with Crippen LogP contribution >= 0.6 is 0 Å². The number of rotatable bonds is 1. The highest BCUT2D eigenvalue weighted by Gasteiger charge is 2.32. The zero-order chi connectivity index (χ0) is 7.72. The summed E-state index contributed by atoms with van der Waals surface area (Å²) in [4.78, 5) is 31.2. The van der Waals surface area contributed by atoms with E-state index in [-0.39, 0.29) is 6.42 Å². The first-order chi connectivity index (χ1) is 4.61. The number of carbonyl (C=O) groups is 3. The number of amides is 2. The minimum atomic E-state index is -0.792. The first-order valence-corrected chi connectivity index (χ1v) is 2.74. The molecule has 1 aliphatic heterocycles. The normalized spacial score (nSPS) is 24.6. The van der Waals surface area contributed by atoms with Gasteiger partial charge in [0, 0.05) is 6.42 Å². The molecule has 0 aromatic rings. The number of ketones is 1. The van der Waals surface area contributed by atoms with E-state index in [0.717, 1.165) is 0 Å². The van der Waals surface area contributed by atoms with Gasteiger partial charge in [-0.05, 0) is 0 Å². The van der Waals surface area contributed by atoms with Gasteiger partial charge in [-0.1, -0.05) is 0 Å². The third-order valence-electron chi connectivity index (χ3n) is 1.29. The molecule has 5 heteroatoms. The molecule has 5 nitrogen and oxygen atoms in total. The van der Waals surface area contributed by atoms with Gasteiger partial charge in [0.15, 0.2) is 0 Å². The summed E-state index contributed by atoms with van der Waals surface area (Å²) in [6.07, 6.45) is -0.103. The molecule has 54 valence electrons. The fourth-order valence-electron chi connectivity index (χ4n) is 0.740. The van der Waals surface area contributed by atoms with Gasteiger partial charge < -0.3 is 11.1 Å². The van der Waals surface area contributed by atoms with Gasteiger partial charge in [-0.25, -0.2) is 0 Å². The summed E-state index contributed by atoms with van der Waals surface area (Å²) in [6.45, 7) is 0. The average Bonchev–Trinajstić information content (AvgIpc) is 2.13. The molecule has 1 saturated heterocycles. The van der Waals surface area contributed by atoms with Crippen molar-refractivity contribution in [3.05, 3.63) is 0 Å². The van der Waals surface area contributed by atoms with Crippen molar-refractivity contribution in [2.45, 2.75) is 12.5 Å². The molecule has 2 amide bonds. The van der Waals surface area contributed by atoms with Crippen LogP contribution in [0.1, 0.15) is 6.42 Å². The van der Waals surface area contributed by atoms with Crippen LogP contribution in [0.2, 0.25) is 0 Å². The number of nitrogens with one attached hydrogen (secondary N) is 1. The van der Waals surface area contributed by atoms with Crippen LogP contribution < -0.4 is 11.1 Å². The second-order valence-electron chi connectivity index (χ2n) is 2.06. The molecule has 0 saturated carbocycles. The molecule has 1 rings (SSSR count). The Balaban J connectivity index is 2.66. The van der Waals surface area contributed by atoms with Gasteiger partial charge in [0.05, 0.1) is 0 Å². The molecule has 0 aliphatic carbocycles. The lowest BCUT2D eigenvalue weighted by Crippen LogP contribution is -2.37. The van der Waals surface area contributed by atoms with Crippen LogP contribution in [-0.4, -0.2) is 23.6 Å². The van der Waals surface area contributed by atoms with Crippen molar-refractivity contribution in [3.8, 4) is 0 Å². The highest BCUT2D eigenvalue weighted by molar-refractivity contribution is 6.39. The second kappa shape index (κ2) is 2.09. The predicted octanol–water partition coefficient (Wildman–Crippen LogP) is -2.07. The highest BCUT2D eigenvalue weighted by Crippen LogP contribution is 2.00. The summed E-state index contributed by atoms with van der Waals surface area (Å²) >= 11 is 0. The van der Waals surface area contributed by atoms with Crippen molar-refractivity contribution in [3.63, 3.8) is 0 Å². The van der Waals surface area contributed by atoms with E-state index in [9.17, 15) is 14.4 Å². The quantitative estimate of drug-likeness (QED) is 0.412. The Morgan fingerprint density at radius 1 is 1.60 bits per heavy atom. The minimum Gasteiger partial charge on any atom is -0.368 e. The maximum absolute atomic E-state index is 10.5. The number of primary amides is 1. The van der Waals surface area contributed by atoms with Crippen LogP contribution in [0.3, 0.4) is 0 Å². The largest absolute Gasteiger partial charge is 0.368 e. The Kier molecular flexibility index (Phi) is 1.41. The van der Waals surface area contributed by atoms with E-state index < -0.39 is 23.6 Å². The van der Waals surface area contributed by atoms with Crippen LogP contribution in [0.25, 0.3) is 0 Å². The van der Waals surface area contributed by atoms with Crippen LogP contribution in [-0.2, 0) is 14.4 Å². The fourth-order valence-corrected chi connectivity index (χ4v) is 0.740. The standard InChI is InChI=1S/C5H6N2O3/c6-4(9)2-1-3(8)5(10)7-2/h2H,1H2,(H2,6,9)(H,7,10). The third kappa shape index (κ3) is 0.975. The molecule has 0 bridgehead atoms. The summed E-state index contributed by atoms with van der Waals surface area (Å²) in [5.74, 6) is -1.97. The van der Waals surface area contributed by atoms with Crippen molar-refractivity contribution in [1.82, 2.24) is 5.32 Å². The first kappa shape index (κ1) is 6.73. The monoisotopic (exact) mass is 142 g/mol. The lowest BCUT2D eigenvalue weighted by molar-refractivity contribution is -0.135. The van der Waals surface area contributed by atoms with Crippen molar-refractivity contribution >= 4 is 17.6 Å². The predicted molar refractivity (Wildman–Crippen MR) is 30.7 cm³/mol. The molecular formula is C5H6N2O3. The van der Waals surface area contributed by atoms with E-state index >= 15 is 0 Å². The number of carbonyl (C=O) groups excluding carboxylic acids is 3.